The van der Waals surface area contributed by atoms with E-state index in [1.807, 2.05) is 0 Å². The Morgan fingerprint density at radius 2 is 1.94 bits per heavy atom. The van der Waals surface area contributed by atoms with Crippen molar-refractivity contribution in [2.45, 2.75) is 4.90 Å². The Morgan fingerprint density at radius 1 is 1.31 bits per heavy atom. The minimum absolute atomic E-state index is 0.191. The van der Waals surface area contributed by atoms with Crippen LogP contribution in [0.5, 0.6) is 0 Å². The van der Waals surface area contributed by atoms with Crippen molar-refractivity contribution in [3.05, 3.63) is 40.6 Å². The number of benzene rings is 1. The van der Waals surface area contributed by atoms with Gasteiger partial charge in [0.2, 0.25) is 10.0 Å². The lowest BCUT2D eigenvalue weighted by atomic mass is 10.2. The van der Waals surface area contributed by atoms with Crippen LogP contribution in [0.15, 0.2) is 35.4 Å². The summed E-state index contributed by atoms with van der Waals surface area (Å²) in [6, 6.07) is 6.08. The summed E-state index contributed by atoms with van der Waals surface area (Å²) in [7, 11) is -3.97. The van der Waals surface area contributed by atoms with Gasteiger partial charge in [0.05, 0.1) is 6.20 Å². The van der Waals surface area contributed by atoms with Crippen molar-refractivity contribution in [2.24, 2.45) is 5.14 Å². The van der Waals surface area contributed by atoms with Crippen LogP contribution in [-0.4, -0.2) is 18.1 Å². The van der Waals surface area contributed by atoms with Crippen molar-refractivity contribution < 1.29 is 13.5 Å². The van der Waals surface area contributed by atoms with E-state index in [0.29, 0.717) is 4.68 Å². The Balaban J connectivity index is 2.93. The lowest BCUT2D eigenvalue weighted by Gasteiger charge is -1.92. The molecule has 0 aliphatic heterocycles. The first kappa shape index (κ1) is 10.6. The highest BCUT2D eigenvalue weighted by Crippen LogP contribution is 2.23. The average Bonchev–Trinajstić information content (AvgIpc) is 2.56. The summed E-state index contributed by atoms with van der Waals surface area (Å²) in [5.41, 5.74) is 0.191. The zero-order valence-corrected chi connectivity index (χ0v) is 8.72. The smallest absolute Gasteiger partial charge is 0.234 e. The quantitative estimate of drug-likeness (QED) is 0.603. The van der Waals surface area contributed by atoms with E-state index in [0.717, 1.165) is 6.20 Å². The topological polar surface area (TPSA) is 108 Å². The predicted octanol–water partition coefficient (Wildman–Crippen LogP) is 0.329. The van der Waals surface area contributed by atoms with Crippen LogP contribution in [-0.2, 0) is 10.0 Å². The van der Waals surface area contributed by atoms with Crippen LogP contribution >= 0.6 is 0 Å². The standard InChI is InChI=1S/C8H7N3O4S/c9-16(14,15)8-5-10(11(12)13)7-4-2-1-3-6(7)8/h1-5H,(H2,9,14,15). The molecule has 0 saturated carbocycles. The maximum Gasteiger partial charge on any atom is 0.240 e. The molecule has 0 atom stereocenters. The summed E-state index contributed by atoms with van der Waals surface area (Å²) >= 11 is 0. The molecule has 0 fully saturated rings. The molecule has 0 saturated heterocycles. The van der Waals surface area contributed by atoms with Gasteiger partial charge in [-0.3, -0.25) is 0 Å². The van der Waals surface area contributed by atoms with Gasteiger partial charge < -0.3 is 0 Å². The molecule has 16 heavy (non-hydrogen) atoms. The number of para-hydroxylation sites is 1. The lowest BCUT2D eigenvalue weighted by Crippen LogP contribution is -2.12. The number of nitrogens with zero attached hydrogens (tertiary/aromatic N) is 2. The highest BCUT2D eigenvalue weighted by atomic mass is 32.2. The molecule has 2 aromatic rings. The first-order chi connectivity index (χ1) is 7.41. The molecular weight excluding hydrogens is 234 g/mol. The fourth-order valence-corrected chi connectivity index (χ4v) is 2.22. The van der Waals surface area contributed by atoms with Crippen LogP contribution in [0.2, 0.25) is 0 Å². The van der Waals surface area contributed by atoms with Crippen LogP contribution in [0.3, 0.4) is 0 Å². The third-order valence-corrected chi connectivity index (χ3v) is 3.08. The maximum absolute atomic E-state index is 11.2. The second-order valence-electron chi connectivity index (χ2n) is 3.14. The van der Waals surface area contributed by atoms with Crippen LogP contribution in [0.4, 0.5) is 0 Å². The molecule has 0 unspecified atom stereocenters. The molecule has 1 heterocycles. The Bertz CT molecular complexity index is 674. The van der Waals surface area contributed by atoms with E-state index in [9.17, 15) is 18.5 Å². The van der Waals surface area contributed by atoms with Gasteiger partial charge >= 0.3 is 0 Å². The number of fused-ring (bicyclic) bond motifs is 1. The van der Waals surface area contributed by atoms with Crippen LogP contribution in [0, 0.1) is 10.1 Å². The van der Waals surface area contributed by atoms with Gasteiger partial charge in [0.1, 0.15) is 10.4 Å². The number of nitrogens with two attached hydrogens (primary N) is 1. The zero-order chi connectivity index (χ0) is 11.9. The van der Waals surface area contributed by atoms with Gasteiger partial charge in [-0.25, -0.2) is 23.7 Å². The average molecular weight is 241 g/mol. The molecule has 0 aliphatic carbocycles. The van der Waals surface area contributed by atoms with Crippen LogP contribution in [0.1, 0.15) is 0 Å². The number of rotatable bonds is 2. The fourth-order valence-electron chi connectivity index (χ4n) is 1.49. The highest BCUT2D eigenvalue weighted by molar-refractivity contribution is 7.89. The van der Waals surface area contributed by atoms with Gasteiger partial charge in [-0.15, -0.1) is 0 Å². The van der Waals surface area contributed by atoms with Crippen molar-refractivity contribution >= 4 is 20.9 Å². The maximum atomic E-state index is 11.2. The molecule has 84 valence electrons. The zero-order valence-electron chi connectivity index (χ0n) is 7.90. The Kier molecular flexibility index (Phi) is 2.17. The summed E-state index contributed by atoms with van der Waals surface area (Å²) in [6.07, 6.45) is 0.903. The van der Waals surface area contributed by atoms with Crippen molar-refractivity contribution in [1.29, 1.82) is 0 Å². The summed E-state index contributed by atoms with van der Waals surface area (Å²) < 4.78 is 23.1. The molecule has 0 spiro atoms. The fraction of sp³-hybridized carbons (Fsp3) is 0. The predicted molar refractivity (Wildman–Crippen MR) is 55.7 cm³/mol. The first-order valence-electron chi connectivity index (χ1n) is 4.19. The number of nitro groups is 1. The van der Waals surface area contributed by atoms with Crippen LogP contribution in [0.25, 0.3) is 10.9 Å². The second kappa shape index (κ2) is 3.29. The van der Waals surface area contributed by atoms with Gasteiger partial charge in [-0.2, -0.15) is 0 Å². The third kappa shape index (κ3) is 1.53. The second-order valence-corrected chi connectivity index (χ2v) is 4.67. The monoisotopic (exact) mass is 241 g/mol. The Morgan fingerprint density at radius 3 is 2.50 bits per heavy atom. The SMILES string of the molecule is NS(=O)(=O)c1cn([N+](=O)[O-])c2ccccc12. The first-order valence-corrected chi connectivity index (χ1v) is 5.73. The molecule has 0 radical (unpaired) electrons. The largest absolute Gasteiger partial charge is 0.240 e. The lowest BCUT2D eigenvalue weighted by molar-refractivity contribution is -0.537. The summed E-state index contributed by atoms with van der Waals surface area (Å²) in [6.45, 7) is 0. The van der Waals surface area contributed by atoms with E-state index in [1.54, 1.807) is 12.1 Å². The normalized spacial score (nSPS) is 11.8. The Labute approximate surface area is 90.3 Å². The van der Waals surface area contributed by atoms with Gasteiger partial charge in [-0.05, 0) is 6.07 Å². The number of hydrogen-bond donors (Lipinski definition) is 1. The van der Waals surface area contributed by atoms with Gasteiger partial charge in [0.25, 0.3) is 0 Å². The molecular formula is C8H7N3O4S. The molecule has 0 amide bonds. The number of aromatic nitrogens is 1. The van der Waals surface area contributed by atoms with E-state index in [-0.39, 0.29) is 15.8 Å². The van der Waals surface area contributed by atoms with E-state index in [4.69, 9.17) is 5.14 Å². The van der Waals surface area contributed by atoms with Gasteiger partial charge in [0, 0.05) is 5.39 Å². The number of sulfonamides is 1. The molecule has 0 bridgehead atoms. The van der Waals surface area contributed by atoms with Crippen LogP contribution < -0.4 is 5.14 Å². The molecule has 2 rings (SSSR count). The van der Waals surface area contributed by atoms with Crippen molar-refractivity contribution in [2.75, 3.05) is 0 Å². The van der Waals surface area contributed by atoms with E-state index >= 15 is 0 Å². The summed E-state index contributed by atoms with van der Waals surface area (Å²) in [5, 5.41) is 15.2. The minimum Gasteiger partial charge on any atom is -0.234 e. The molecule has 2 N–H and O–H groups in total. The summed E-state index contributed by atoms with van der Waals surface area (Å²) in [4.78, 5) is 10.4. The molecule has 0 aliphatic rings. The van der Waals surface area contributed by atoms with Gasteiger partial charge in [-0.1, -0.05) is 22.9 Å². The van der Waals surface area contributed by atoms with E-state index in [1.165, 1.54) is 12.1 Å². The summed E-state index contributed by atoms with van der Waals surface area (Å²) in [5.74, 6) is 0. The molecule has 7 nitrogen and oxygen atoms in total. The highest BCUT2D eigenvalue weighted by Gasteiger charge is 2.21. The van der Waals surface area contributed by atoms with Crippen molar-refractivity contribution in [1.82, 2.24) is 4.68 Å². The Hall–Kier alpha value is -1.93. The van der Waals surface area contributed by atoms with Crippen molar-refractivity contribution in [3.63, 3.8) is 0 Å². The molecule has 1 aromatic heterocycles. The molecule has 1 aromatic carbocycles. The molecule has 8 heteroatoms. The number of primary sulfonamides is 1. The minimum atomic E-state index is -3.97. The third-order valence-electron chi connectivity index (χ3n) is 2.14. The van der Waals surface area contributed by atoms with E-state index in [2.05, 4.69) is 0 Å². The van der Waals surface area contributed by atoms with E-state index < -0.39 is 15.1 Å². The number of hydrogen-bond acceptors (Lipinski definition) is 4. The van der Waals surface area contributed by atoms with Gasteiger partial charge in [0.15, 0.2) is 5.03 Å². The van der Waals surface area contributed by atoms with Crippen molar-refractivity contribution in [3.8, 4) is 0 Å².